The fraction of sp³-hybridized carbons (Fsp3) is 0.571. The normalized spacial score (nSPS) is 16.1. The first kappa shape index (κ1) is 13.8. The number of nitrogens with two attached hydrogens (primary N) is 1. The van der Waals surface area contributed by atoms with Gasteiger partial charge in [0.05, 0.1) is 5.69 Å². The second-order valence-electron chi connectivity index (χ2n) is 5.26. The maximum Gasteiger partial charge on any atom is 0.272 e. The van der Waals surface area contributed by atoms with Crippen LogP contribution in [0.1, 0.15) is 42.6 Å². The number of anilines is 1. The van der Waals surface area contributed by atoms with Crippen LogP contribution in [0.4, 0.5) is 5.69 Å². The van der Waals surface area contributed by atoms with Gasteiger partial charge in [0.25, 0.3) is 5.91 Å². The van der Waals surface area contributed by atoms with E-state index in [-0.39, 0.29) is 5.91 Å². The maximum atomic E-state index is 12.3. The number of amides is 1. The minimum atomic E-state index is -0.0392. The molecule has 0 aliphatic heterocycles. The molecule has 1 fully saturated rings. The Morgan fingerprint density at radius 3 is 2.89 bits per heavy atom. The molecule has 3 N–H and O–H groups in total. The molecule has 0 atom stereocenters. The van der Waals surface area contributed by atoms with Crippen LogP contribution in [0.15, 0.2) is 18.3 Å². The summed E-state index contributed by atoms with van der Waals surface area (Å²) in [5.41, 5.74) is 3.67. The largest absolute Gasteiger partial charge is 0.340 e. The van der Waals surface area contributed by atoms with E-state index in [1.807, 2.05) is 7.05 Å². The Bertz CT molecular complexity index is 429. The van der Waals surface area contributed by atoms with Gasteiger partial charge in [0.2, 0.25) is 0 Å². The zero-order chi connectivity index (χ0) is 13.7. The van der Waals surface area contributed by atoms with Gasteiger partial charge in [-0.05, 0) is 30.9 Å². The molecule has 0 radical (unpaired) electrons. The van der Waals surface area contributed by atoms with Gasteiger partial charge in [-0.2, -0.15) is 0 Å². The number of rotatable bonds is 4. The highest BCUT2D eigenvalue weighted by atomic mass is 16.2. The predicted molar refractivity (Wildman–Crippen MR) is 75.6 cm³/mol. The van der Waals surface area contributed by atoms with Crippen LogP contribution in [0.25, 0.3) is 0 Å². The van der Waals surface area contributed by atoms with E-state index in [0.29, 0.717) is 17.3 Å². The summed E-state index contributed by atoms with van der Waals surface area (Å²) in [4.78, 5) is 18.2. The Kier molecular flexibility index (Phi) is 4.74. The molecule has 1 saturated carbocycles. The van der Waals surface area contributed by atoms with Gasteiger partial charge in [0.1, 0.15) is 5.69 Å². The Morgan fingerprint density at radius 1 is 1.47 bits per heavy atom. The molecule has 1 heterocycles. The quantitative estimate of drug-likeness (QED) is 0.643. The Morgan fingerprint density at radius 2 is 2.21 bits per heavy atom. The van der Waals surface area contributed by atoms with Crippen molar-refractivity contribution in [3.05, 3.63) is 24.0 Å². The number of hydrogen-bond acceptors (Lipinski definition) is 4. The molecule has 19 heavy (non-hydrogen) atoms. The highest BCUT2D eigenvalue weighted by molar-refractivity contribution is 5.92. The van der Waals surface area contributed by atoms with Crippen molar-refractivity contribution in [2.75, 3.05) is 19.0 Å². The van der Waals surface area contributed by atoms with Crippen molar-refractivity contribution in [2.45, 2.75) is 32.1 Å². The van der Waals surface area contributed by atoms with E-state index in [2.05, 4.69) is 10.4 Å². The summed E-state index contributed by atoms with van der Waals surface area (Å²) in [7, 11) is 1.85. The van der Waals surface area contributed by atoms with Crippen molar-refractivity contribution in [3.8, 4) is 0 Å². The lowest BCUT2D eigenvalue weighted by Crippen LogP contribution is -2.33. The summed E-state index contributed by atoms with van der Waals surface area (Å²) in [6.07, 6.45) is 7.97. The van der Waals surface area contributed by atoms with Gasteiger partial charge >= 0.3 is 0 Å². The van der Waals surface area contributed by atoms with Gasteiger partial charge in [-0.15, -0.1) is 0 Å². The summed E-state index contributed by atoms with van der Waals surface area (Å²) in [5, 5.41) is 0. The number of nitrogen functional groups attached to an aromatic ring is 1. The number of nitrogens with zero attached hydrogens (tertiary/aromatic N) is 2. The average Bonchev–Trinajstić information content (AvgIpc) is 2.47. The van der Waals surface area contributed by atoms with E-state index >= 15 is 0 Å². The summed E-state index contributed by atoms with van der Waals surface area (Å²) in [6.45, 7) is 0.820. The smallest absolute Gasteiger partial charge is 0.272 e. The molecule has 0 unspecified atom stereocenters. The third-order valence-corrected chi connectivity index (χ3v) is 3.75. The molecule has 1 aliphatic rings. The fourth-order valence-corrected chi connectivity index (χ4v) is 2.67. The van der Waals surface area contributed by atoms with Crippen LogP contribution in [0.5, 0.6) is 0 Å². The van der Waals surface area contributed by atoms with E-state index in [1.54, 1.807) is 23.2 Å². The van der Waals surface area contributed by atoms with Crippen LogP contribution in [0.3, 0.4) is 0 Å². The summed E-state index contributed by atoms with van der Waals surface area (Å²) >= 11 is 0. The molecule has 1 aromatic heterocycles. The van der Waals surface area contributed by atoms with E-state index in [1.165, 1.54) is 32.1 Å². The van der Waals surface area contributed by atoms with Gasteiger partial charge in [-0.3, -0.25) is 15.6 Å². The van der Waals surface area contributed by atoms with E-state index in [9.17, 15) is 4.79 Å². The van der Waals surface area contributed by atoms with Gasteiger partial charge in [-0.1, -0.05) is 19.3 Å². The van der Waals surface area contributed by atoms with Crippen molar-refractivity contribution in [2.24, 2.45) is 11.8 Å². The van der Waals surface area contributed by atoms with Crippen molar-refractivity contribution >= 4 is 11.6 Å². The Balaban J connectivity index is 1.97. The zero-order valence-corrected chi connectivity index (χ0v) is 11.4. The van der Waals surface area contributed by atoms with Crippen LogP contribution in [-0.2, 0) is 0 Å². The molecule has 0 spiro atoms. The molecule has 0 aromatic carbocycles. The van der Waals surface area contributed by atoms with Crippen molar-refractivity contribution in [3.63, 3.8) is 0 Å². The van der Waals surface area contributed by atoms with Crippen LogP contribution < -0.4 is 11.3 Å². The minimum Gasteiger partial charge on any atom is -0.340 e. The number of carbonyl (C=O) groups is 1. The van der Waals surface area contributed by atoms with E-state index in [0.717, 1.165) is 6.54 Å². The topological polar surface area (TPSA) is 71.2 Å². The van der Waals surface area contributed by atoms with Gasteiger partial charge in [0, 0.05) is 19.8 Å². The fourth-order valence-electron chi connectivity index (χ4n) is 2.67. The highest BCUT2D eigenvalue weighted by Gasteiger charge is 2.19. The zero-order valence-electron chi connectivity index (χ0n) is 11.4. The Hall–Kier alpha value is -1.62. The predicted octanol–water partition coefficient (Wildman–Crippen LogP) is 2.02. The standard InChI is InChI=1S/C14H22N4O/c1-18(10-11-5-3-2-4-6-11)14(19)13-9-12(17-15)7-8-16-13/h7-9,11H,2-6,10,15H2,1H3,(H,16,17). The molecule has 0 bridgehead atoms. The van der Waals surface area contributed by atoms with Gasteiger partial charge in [-0.25, -0.2) is 0 Å². The number of hydrogen-bond donors (Lipinski definition) is 2. The monoisotopic (exact) mass is 262 g/mol. The molecule has 104 valence electrons. The molecule has 2 rings (SSSR count). The number of nitrogens with one attached hydrogen (secondary N) is 1. The summed E-state index contributed by atoms with van der Waals surface area (Å²) in [5.74, 6) is 5.94. The van der Waals surface area contributed by atoms with Gasteiger partial charge < -0.3 is 10.3 Å². The minimum absolute atomic E-state index is 0.0392. The maximum absolute atomic E-state index is 12.3. The van der Waals surface area contributed by atoms with Crippen molar-refractivity contribution < 1.29 is 4.79 Å². The molecule has 1 aliphatic carbocycles. The van der Waals surface area contributed by atoms with Crippen LogP contribution in [0.2, 0.25) is 0 Å². The van der Waals surface area contributed by atoms with Crippen LogP contribution in [0, 0.1) is 5.92 Å². The number of aromatic nitrogens is 1. The number of pyridine rings is 1. The average molecular weight is 262 g/mol. The SMILES string of the molecule is CN(CC1CCCCC1)C(=O)c1cc(NN)ccn1. The third-order valence-electron chi connectivity index (χ3n) is 3.75. The van der Waals surface area contributed by atoms with E-state index in [4.69, 9.17) is 5.84 Å². The van der Waals surface area contributed by atoms with E-state index < -0.39 is 0 Å². The number of carbonyl (C=O) groups excluding carboxylic acids is 1. The Labute approximate surface area is 114 Å². The summed E-state index contributed by atoms with van der Waals surface area (Å²) < 4.78 is 0. The second kappa shape index (κ2) is 6.52. The molecular formula is C14H22N4O. The van der Waals surface area contributed by atoms with Crippen LogP contribution in [-0.4, -0.2) is 29.4 Å². The molecule has 0 saturated heterocycles. The van der Waals surface area contributed by atoms with Crippen LogP contribution >= 0.6 is 0 Å². The van der Waals surface area contributed by atoms with Gasteiger partial charge in [0.15, 0.2) is 0 Å². The highest BCUT2D eigenvalue weighted by Crippen LogP contribution is 2.24. The lowest BCUT2D eigenvalue weighted by Gasteiger charge is -2.26. The second-order valence-corrected chi connectivity index (χ2v) is 5.26. The molecule has 5 nitrogen and oxygen atoms in total. The molecule has 1 amide bonds. The third kappa shape index (κ3) is 3.67. The molecule has 5 heteroatoms. The first-order valence-corrected chi connectivity index (χ1v) is 6.89. The lowest BCUT2D eigenvalue weighted by molar-refractivity contribution is 0.0755. The summed E-state index contributed by atoms with van der Waals surface area (Å²) in [6, 6.07) is 3.41. The first-order valence-electron chi connectivity index (χ1n) is 6.89. The number of hydrazine groups is 1. The van der Waals surface area contributed by atoms with Crippen molar-refractivity contribution in [1.29, 1.82) is 0 Å². The molecular weight excluding hydrogens is 240 g/mol. The van der Waals surface area contributed by atoms with Crippen molar-refractivity contribution in [1.82, 2.24) is 9.88 Å². The lowest BCUT2D eigenvalue weighted by atomic mass is 9.89. The first-order chi connectivity index (χ1) is 9.20. The molecule has 1 aromatic rings.